The topological polar surface area (TPSA) is 64.7 Å². The first-order valence-electron chi connectivity index (χ1n) is 5.75. The highest BCUT2D eigenvalue weighted by atomic mass is 16.1. The van der Waals surface area contributed by atoms with Gasteiger partial charge in [0.15, 0.2) is 0 Å². The Morgan fingerprint density at radius 1 is 1.33 bits per heavy atom. The van der Waals surface area contributed by atoms with Crippen LogP contribution in [-0.2, 0) is 20.6 Å². The Morgan fingerprint density at radius 2 is 2.06 bits per heavy atom. The SMILES string of the molecule is Cc1cc(CNC(=O)c2cnn(C)c2C)n(C)n1. The number of nitrogens with zero attached hydrogens (tertiary/aromatic N) is 4. The lowest BCUT2D eigenvalue weighted by Crippen LogP contribution is -2.24. The molecule has 96 valence electrons. The smallest absolute Gasteiger partial charge is 0.255 e. The Morgan fingerprint density at radius 3 is 2.56 bits per heavy atom. The molecular weight excluding hydrogens is 230 g/mol. The van der Waals surface area contributed by atoms with Crippen LogP contribution in [0.1, 0.15) is 27.4 Å². The van der Waals surface area contributed by atoms with Crippen LogP contribution in [0.25, 0.3) is 0 Å². The molecule has 2 aromatic rings. The highest BCUT2D eigenvalue weighted by Crippen LogP contribution is 2.06. The Balaban J connectivity index is 2.05. The largest absolute Gasteiger partial charge is 0.346 e. The second kappa shape index (κ2) is 4.64. The molecule has 6 nitrogen and oxygen atoms in total. The van der Waals surface area contributed by atoms with Gasteiger partial charge in [-0.2, -0.15) is 10.2 Å². The fourth-order valence-corrected chi connectivity index (χ4v) is 1.82. The lowest BCUT2D eigenvalue weighted by atomic mass is 10.2. The van der Waals surface area contributed by atoms with Crippen LogP contribution in [0.15, 0.2) is 12.3 Å². The summed E-state index contributed by atoms with van der Waals surface area (Å²) in [4.78, 5) is 12.0. The number of amides is 1. The zero-order valence-corrected chi connectivity index (χ0v) is 11.1. The number of carbonyl (C=O) groups is 1. The molecule has 0 aromatic carbocycles. The van der Waals surface area contributed by atoms with Gasteiger partial charge < -0.3 is 5.32 Å². The van der Waals surface area contributed by atoms with Gasteiger partial charge in [-0.05, 0) is 19.9 Å². The number of rotatable bonds is 3. The van der Waals surface area contributed by atoms with Crippen molar-refractivity contribution in [3.8, 4) is 0 Å². The monoisotopic (exact) mass is 247 g/mol. The zero-order chi connectivity index (χ0) is 13.3. The van der Waals surface area contributed by atoms with E-state index in [-0.39, 0.29) is 5.91 Å². The number of aromatic nitrogens is 4. The van der Waals surface area contributed by atoms with Gasteiger partial charge in [-0.15, -0.1) is 0 Å². The average molecular weight is 247 g/mol. The van der Waals surface area contributed by atoms with Crippen LogP contribution in [0.2, 0.25) is 0 Å². The Hall–Kier alpha value is -2.11. The van der Waals surface area contributed by atoms with Crippen LogP contribution in [-0.4, -0.2) is 25.5 Å². The molecule has 0 atom stereocenters. The number of aryl methyl sites for hydroxylation is 3. The van der Waals surface area contributed by atoms with E-state index in [1.807, 2.05) is 34.0 Å². The Kier molecular flexibility index (Phi) is 3.18. The van der Waals surface area contributed by atoms with Gasteiger partial charge in [0.25, 0.3) is 5.91 Å². The van der Waals surface area contributed by atoms with Gasteiger partial charge >= 0.3 is 0 Å². The van der Waals surface area contributed by atoms with Crippen molar-refractivity contribution >= 4 is 5.91 Å². The summed E-state index contributed by atoms with van der Waals surface area (Å²) in [6.07, 6.45) is 1.58. The van der Waals surface area contributed by atoms with Gasteiger partial charge in [0.05, 0.1) is 29.7 Å². The molecular formula is C12H17N5O. The van der Waals surface area contributed by atoms with Crippen molar-refractivity contribution in [1.29, 1.82) is 0 Å². The lowest BCUT2D eigenvalue weighted by Gasteiger charge is -2.05. The standard InChI is InChI=1S/C12H17N5O/c1-8-5-10(17(4)15-8)6-13-12(18)11-7-14-16(3)9(11)2/h5,7H,6H2,1-4H3,(H,13,18). The van der Waals surface area contributed by atoms with Crippen molar-refractivity contribution in [2.24, 2.45) is 14.1 Å². The predicted octanol–water partition coefficient (Wildman–Crippen LogP) is 0.700. The summed E-state index contributed by atoms with van der Waals surface area (Å²) in [6, 6.07) is 1.95. The minimum absolute atomic E-state index is 0.112. The van der Waals surface area contributed by atoms with Gasteiger partial charge in [-0.1, -0.05) is 0 Å². The van der Waals surface area contributed by atoms with Gasteiger partial charge in [0.2, 0.25) is 0 Å². The average Bonchev–Trinajstić information content (AvgIpc) is 2.80. The fraction of sp³-hybridized carbons (Fsp3) is 0.417. The van der Waals surface area contributed by atoms with Crippen LogP contribution >= 0.6 is 0 Å². The molecule has 0 spiro atoms. The summed E-state index contributed by atoms with van der Waals surface area (Å²) in [5.74, 6) is -0.112. The quantitative estimate of drug-likeness (QED) is 0.868. The van der Waals surface area contributed by atoms with Crippen LogP contribution in [0, 0.1) is 13.8 Å². The summed E-state index contributed by atoms with van der Waals surface area (Å²) in [7, 11) is 3.68. The minimum Gasteiger partial charge on any atom is -0.346 e. The van der Waals surface area contributed by atoms with Gasteiger partial charge in [0.1, 0.15) is 0 Å². The molecule has 0 unspecified atom stereocenters. The van der Waals surface area contributed by atoms with Crippen molar-refractivity contribution in [3.05, 3.63) is 34.9 Å². The molecule has 1 amide bonds. The number of carbonyl (C=O) groups excluding carboxylic acids is 1. The minimum atomic E-state index is -0.112. The molecule has 0 saturated carbocycles. The first-order chi connectivity index (χ1) is 8.49. The number of hydrogen-bond donors (Lipinski definition) is 1. The molecule has 2 heterocycles. The molecule has 0 fully saturated rings. The van der Waals surface area contributed by atoms with E-state index in [0.29, 0.717) is 12.1 Å². The second-order valence-electron chi connectivity index (χ2n) is 4.35. The highest BCUT2D eigenvalue weighted by molar-refractivity contribution is 5.94. The molecule has 18 heavy (non-hydrogen) atoms. The maximum absolute atomic E-state index is 12.0. The summed E-state index contributed by atoms with van der Waals surface area (Å²) in [6.45, 7) is 4.26. The summed E-state index contributed by atoms with van der Waals surface area (Å²) in [5.41, 5.74) is 3.38. The third-order valence-corrected chi connectivity index (χ3v) is 3.01. The van der Waals surface area contributed by atoms with Crippen molar-refractivity contribution in [2.45, 2.75) is 20.4 Å². The molecule has 6 heteroatoms. The normalized spacial score (nSPS) is 10.7. The molecule has 2 aromatic heterocycles. The first kappa shape index (κ1) is 12.3. The molecule has 0 bridgehead atoms. The zero-order valence-electron chi connectivity index (χ0n) is 11.1. The van der Waals surface area contributed by atoms with Gasteiger partial charge in [0, 0.05) is 19.8 Å². The van der Waals surface area contributed by atoms with E-state index in [1.54, 1.807) is 15.6 Å². The fourth-order valence-electron chi connectivity index (χ4n) is 1.82. The molecule has 1 N–H and O–H groups in total. The van der Waals surface area contributed by atoms with Crippen LogP contribution in [0.4, 0.5) is 0 Å². The van der Waals surface area contributed by atoms with E-state index >= 15 is 0 Å². The van der Waals surface area contributed by atoms with Gasteiger partial charge in [-0.3, -0.25) is 14.2 Å². The Labute approximate surface area is 106 Å². The number of nitrogens with one attached hydrogen (secondary N) is 1. The van der Waals surface area contributed by atoms with E-state index in [1.165, 1.54) is 0 Å². The molecule has 2 rings (SSSR count). The summed E-state index contributed by atoms with van der Waals surface area (Å²) in [5, 5.41) is 11.2. The molecule has 0 aliphatic heterocycles. The van der Waals surface area contributed by atoms with Crippen molar-refractivity contribution < 1.29 is 4.79 Å². The highest BCUT2D eigenvalue weighted by Gasteiger charge is 2.13. The number of hydrogen-bond acceptors (Lipinski definition) is 3. The third-order valence-electron chi connectivity index (χ3n) is 3.01. The third kappa shape index (κ3) is 2.27. The summed E-state index contributed by atoms with van der Waals surface area (Å²) < 4.78 is 3.45. The maximum Gasteiger partial charge on any atom is 0.255 e. The van der Waals surface area contributed by atoms with Gasteiger partial charge in [-0.25, -0.2) is 0 Å². The van der Waals surface area contributed by atoms with Crippen molar-refractivity contribution in [2.75, 3.05) is 0 Å². The lowest BCUT2D eigenvalue weighted by molar-refractivity contribution is 0.0949. The molecule has 0 aliphatic carbocycles. The molecule has 0 saturated heterocycles. The maximum atomic E-state index is 12.0. The summed E-state index contributed by atoms with van der Waals surface area (Å²) >= 11 is 0. The van der Waals surface area contributed by atoms with Crippen LogP contribution in [0.5, 0.6) is 0 Å². The van der Waals surface area contributed by atoms with E-state index in [0.717, 1.165) is 17.1 Å². The molecule has 0 aliphatic rings. The van der Waals surface area contributed by atoms with E-state index in [4.69, 9.17) is 0 Å². The van der Waals surface area contributed by atoms with Crippen LogP contribution < -0.4 is 5.32 Å². The van der Waals surface area contributed by atoms with Crippen LogP contribution in [0.3, 0.4) is 0 Å². The Bertz CT molecular complexity index is 581. The first-order valence-corrected chi connectivity index (χ1v) is 5.75. The predicted molar refractivity (Wildman–Crippen MR) is 67.1 cm³/mol. The van der Waals surface area contributed by atoms with E-state index < -0.39 is 0 Å². The van der Waals surface area contributed by atoms with E-state index in [2.05, 4.69) is 15.5 Å². The van der Waals surface area contributed by atoms with Crippen molar-refractivity contribution in [1.82, 2.24) is 24.9 Å². The molecule has 0 radical (unpaired) electrons. The van der Waals surface area contributed by atoms with Crippen molar-refractivity contribution in [3.63, 3.8) is 0 Å². The van der Waals surface area contributed by atoms with E-state index in [9.17, 15) is 4.79 Å². The second-order valence-corrected chi connectivity index (χ2v) is 4.35.